The summed E-state index contributed by atoms with van der Waals surface area (Å²) < 4.78 is 4.96. The number of carbonyl (C=O) groups is 2. The van der Waals surface area contributed by atoms with Crippen molar-refractivity contribution in [2.45, 2.75) is 6.92 Å². The van der Waals surface area contributed by atoms with Gasteiger partial charge < -0.3 is 10.1 Å². The van der Waals surface area contributed by atoms with Crippen molar-refractivity contribution in [2.75, 3.05) is 12.4 Å². The van der Waals surface area contributed by atoms with E-state index in [2.05, 4.69) is 5.32 Å². The third kappa shape index (κ3) is 4.50. The van der Waals surface area contributed by atoms with Crippen molar-refractivity contribution in [1.29, 1.82) is 0 Å². The topological polar surface area (TPSA) is 55.4 Å². The molecule has 1 heterocycles. The summed E-state index contributed by atoms with van der Waals surface area (Å²) >= 11 is 7.21. The van der Waals surface area contributed by atoms with Crippen LogP contribution in [0.15, 0.2) is 60.7 Å². The Kier molecular flexibility index (Phi) is 6.29. The second kappa shape index (κ2) is 8.87. The summed E-state index contributed by atoms with van der Waals surface area (Å²) in [6.45, 7) is 1.92. The van der Waals surface area contributed by atoms with E-state index in [-0.39, 0.29) is 5.91 Å². The van der Waals surface area contributed by atoms with Gasteiger partial charge in [-0.2, -0.15) is 0 Å². The van der Waals surface area contributed by atoms with Gasteiger partial charge in [-0.3, -0.25) is 4.79 Å². The number of anilines is 1. The van der Waals surface area contributed by atoms with Gasteiger partial charge in [0.05, 0.1) is 7.11 Å². The molecule has 0 atom stereocenters. The standard InChI is InChI=1S/C22H18ClNO3S/c1-14-19(16-6-4-3-5-7-16)20(22(26)27-2)21(28-14)24-18(25)13-10-15-8-11-17(23)12-9-15/h3-13H,1-2H3,(H,24,25). The molecule has 0 spiro atoms. The molecule has 0 radical (unpaired) electrons. The summed E-state index contributed by atoms with van der Waals surface area (Å²) in [6.07, 6.45) is 3.10. The molecule has 6 heteroatoms. The lowest BCUT2D eigenvalue weighted by atomic mass is 10.0. The minimum Gasteiger partial charge on any atom is -0.465 e. The van der Waals surface area contributed by atoms with Gasteiger partial charge in [0.25, 0.3) is 0 Å². The molecule has 1 aromatic heterocycles. The molecule has 2 aromatic carbocycles. The lowest BCUT2D eigenvalue weighted by Crippen LogP contribution is -2.11. The van der Waals surface area contributed by atoms with E-state index < -0.39 is 5.97 Å². The summed E-state index contributed by atoms with van der Waals surface area (Å²) in [5.41, 5.74) is 2.88. The number of hydrogen-bond acceptors (Lipinski definition) is 4. The van der Waals surface area contributed by atoms with Gasteiger partial charge in [-0.05, 0) is 36.3 Å². The van der Waals surface area contributed by atoms with Crippen molar-refractivity contribution in [2.24, 2.45) is 0 Å². The number of amides is 1. The monoisotopic (exact) mass is 411 g/mol. The first kappa shape index (κ1) is 19.9. The molecule has 0 aliphatic heterocycles. The average Bonchev–Trinajstić information content (AvgIpc) is 3.03. The number of nitrogens with one attached hydrogen (secondary N) is 1. The van der Waals surface area contributed by atoms with E-state index in [1.165, 1.54) is 24.5 Å². The van der Waals surface area contributed by atoms with Crippen LogP contribution in [0.2, 0.25) is 5.02 Å². The van der Waals surface area contributed by atoms with Crippen molar-refractivity contribution in [3.05, 3.63) is 81.7 Å². The van der Waals surface area contributed by atoms with E-state index in [0.717, 1.165) is 21.6 Å². The van der Waals surface area contributed by atoms with Crippen LogP contribution in [0, 0.1) is 6.92 Å². The van der Waals surface area contributed by atoms with Crippen LogP contribution in [-0.2, 0) is 9.53 Å². The number of rotatable bonds is 5. The maximum atomic E-state index is 12.4. The van der Waals surface area contributed by atoms with E-state index in [1.54, 1.807) is 18.2 Å². The zero-order chi connectivity index (χ0) is 20.1. The lowest BCUT2D eigenvalue weighted by Gasteiger charge is -2.07. The first-order chi connectivity index (χ1) is 13.5. The van der Waals surface area contributed by atoms with Crippen LogP contribution < -0.4 is 5.32 Å². The van der Waals surface area contributed by atoms with E-state index in [9.17, 15) is 9.59 Å². The van der Waals surface area contributed by atoms with Crippen LogP contribution in [0.25, 0.3) is 17.2 Å². The molecule has 142 valence electrons. The van der Waals surface area contributed by atoms with Gasteiger partial charge in [0.15, 0.2) is 0 Å². The quantitative estimate of drug-likeness (QED) is 0.425. The highest BCUT2D eigenvalue weighted by Crippen LogP contribution is 2.40. The molecule has 0 fully saturated rings. The number of ether oxygens (including phenoxy) is 1. The molecule has 0 bridgehead atoms. The number of carbonyl (C=O) groups excluding carboxylic acids is 2. The molecule has 0 saturated heterocycles. The Hall–Kier alpha value is -2.89. The molecular formula is C22H18ClNO3S. The van der Waals surface area contributed by atoms with Crippen molar-refractivity contribution in [1.82, 2.24) is 0 Å². The van der Waals surface area contributed by atoms with Gasteiger partial charge >= 0.3 is 5.97 Å². The first-order valence-corrected chi connectivity index (χ1v) is 9.71. The number of aryl methyl sites for hydroxylation is 1. The predicted octanol–water partition coefficient (Wildman–Crippen LogP) is 5.82. The van der Waals surface area contributed by atoms with Crippen LogP contribution in [0.4, 0.5) is 5.00 Å². The molecule has 28 heavy (non-hydrogen) atoms. The normalized spacial score (nSPS) is 10.8. The number of esters is 1. The number of halogens is 1. The Bertz CT molecular complexity index is 1020. The number of methoxy groups -OCH3 is 1. The Morgan fingerprint density at radius 2 is 1.75 bits per heavy atom. The van der Waals surface area contributed by atoms with Crippen LogP contribution in [0.3, 0.4) is 0 Å². The summed E-state index contributed by atoms with van der Waals surface area (Å²) in [6, 6.07) is 16.7. The zero-order valence-electron chi connectivity index (χ0n) is 15.4. The second-order valence-corrected chi connectivity index (χ2v) is 7.63. The first-order valence-electron chi connectivity index (χ1n) is 8.51. The molecule has 3 rings (SSSR count). The largest absolute Gasteiger partial charge is 0.465 e. The van der Waals surface area contributed by atoms with E-state index in [4.69, 9.17) is 16.3 Å². The lowest BCUT2D eigenvalue weighted by molar-refractivity contribution is -0.111. The molecule has 0 aliphatic rings. The van der Waals surface area contributed by atoms with Crippen molar-refractivity contribution in [3.8, 4) is 11.1 Å². The Morgan fingerprint density at radius 1 is 1.07 bits per heavy atom. The van der Waals surface area contributed by atoms with Crippen LogP contribution in [-0.4, -0.2) is 19.0 Å². The molecule has 3 aromatic rings. The smallest absolute Gasteiger partial charge is 0.341 e. The Balaban J connectivity index is 1.90. The van der Waals surface area contributed by atoms with Crippen LogP contribution >= 0.6 is 22.9 Å². The van der Waals surface area contributed by atoms with Crippen LogP contribution in [0.5, 0.6) is 0 Å². The average molecular weight is 412 g/mol. The molecule has 0 saturated carbocycles. The van der Waals surface area contributed by atoms with Crippen molar-refractivity contribution in [3.63, 3.8) is 0 Å². The second-order valence-electron chi connectivity index (χ2n) is 5.97. The van der Waals surface area contributed by atoms with E-state index in [1.807, 2.05) is 49.4 Å². The van der Waals surface area contributed by atoms with Gasteiger partial charge in [-0.15, -0.1) is 11.3 Å². The summed E-state index contributed by atoms with van der Waals surface area (Å²) in [4.78, 5) is 25.8. The van der Waals surface area contributed by atoms with E-state index in [0.29, 0.717) is 15.6 Å². The minimum absolute atomic E-state index is 0.332. The highest BCUT2D eigenvalue weighted by Gasteiger charge is 2.24. The fraction of sp³-hybridized carbons (Fsp3) is 0.0909. The third-order valence-electron chi connectivity index (χ3n) is 4.07. The molecule has 4 nitrogen and oxygen atoms in total. The van der Waals surface area contributed by atoms with Gasteiger partial charge in [0.2, 0.25) is 5.91 Å². The SMILES string of the molecule is COC(=O)c1c(NC(=O)C=Cc2ccc(Cl)cc2)sc(C)c1-c1ccccc1. The van der Waals surface area contributed by atoms with E-state index >= 15 is 0 Å². The Labute approximate surface area is 172 Å². The van der Waals surface area contributed by atoms with Crippen molar-refractivity contribution < 1.29 is 14.3 Å². The van der Waals surface area contributed by atoms with Gasteiger partial charge in [-0.1, -0.05) is 54.1 Å². The summed E-state index contributed by atoms with van der Waals surface area (Å²) in [7, 11) is 1.33. The van der Waals surface area contributed by atoms with Crippen molar-refractivity contribution >= 4 is 45.9 Å². The maximum absolute atomic E-state index is 12.4. The summed E-state index contributed by atoms with van der Waals surface area (Å²) in [5, 5.41) is 3.90. The molecule has 0 aliphatic carbocycles. The molecule has 0 unspecified atom stereocenters. The fourth-order valence-electron chi connectivity index (χ4n) is 2.78. The van der Waals surface area contributed by atoms with Crippen LogP contribution in [0.1, 0.15) is 20.8 Å². The van der Waals surface area contributed by atoms with Gasteiger partial charge in [-0.25, -0.2) is 4.79 Å². The number of hydrogen-bond donors (Lipinski definition) is 1. The minimum atomic E-state index is -0.486. The Morgan fingerprint density at radius 3 is 2.39 bits per heavy atom. The maximum Gasteiger partial charge on any atom is 0.341 e. The molecular weight excluding hydrogens is 394 g/mol. The van der Waals surface area contributed by atoms with Gasteiger partial charge in [0.1, 0.15) is 10.6 Å². The highest BCUT2D eigenvalue weighted by molar-refractivity contribution is 7.17. The predicted molar refractivity (Wildman–Crippen MR) is 115 cm³/mol. The summed E-state index contributed by atoms with van der Waals surface area (Å²) in [5.74, 6) is -0.818. The highest BCUT2D eigenvalue weighted by atomic mass is 35.5. The molecule has 1 N–H and O–H groups in total. The fourth-order valence-corrected chi connectivity index (χ4v) is 3.97. The zero-order valence-corrected chi connectivity index (χ0v) is 16.9. The van der Waals surface area contributed by atoms with Gasteiger partial charge in [0, 0.05) is 21.5 Å². The number of thiophene rings is 1. The third-order valence-corrected chi connectivity index (χ3v) is 5.34. The molecule has 1 amide bonds. The number of benzene rings is 2.